The topological polar surface area (TPSA) is 109 Å². The number of nitrogens with one attached hydrogen (secondary N) is 2. The zero-order valence-electron chi connectivity index (χ0n) is 23.2. The van der Waals surface area contributed by atoms with E-state index in [1.165, 1.54) is 0 Å². The van der Waals surface area contributed by atoms with Gasteiger partial charge in [-0.05, 0) is 80.7 Å². The maximum absolute atomic E-state index is 13.2. The minimum Gasteiger partial charge on any atom is -0.445 e. The van der Waals surface area contributed by atoms with Gasteiger partial charge in [-0.25, -0.2) is 4.79 Å². The van der Waals surface area contributed by atoms with Crippen LogP contribution in [0.5, 0.6) is 0 Å². The number of carbonyl (C=O) groups is 2. The molecule has 1 aliphatic heterocycles. The van der Waals surface area contributed by atoms with Gasteiger partial charge in [-0.3, -0.25) is 9.48 Å². The van der Waals surface area contributed by atoms with E-state index in [4.69, 9.17) is 16.3 Å². The van der Waals surface area contributed by atoms with Gasteiger partial charge in [-0.2, -0.15) is 5.10 Å². The first-order chi connectivity index (χ1) is 19.3. The number of ether oxygens (including phenoxy) is 1. The summed E-state index contributed by atoms with van der Waals surface area (Å²) in [5.41, 5.74) is 1.52. The molecule has 2 aromatic rings. The van der Waals surface area contributed by atoms with Gasteiger partial charge in [-0.15, -0.1) is 0 Å². The average molecular weight is 570 g/mol. The number of aromatic nitrogens is 2. The molecule has 9 nitrogen and oxygen atoms in total. The summed E-state index contributed by atoms with van der Waals surface area (Å²) < 4.78 is 7.16. The number of rotatable bonds is 8. The third-order valence-corrected chi connectivity index (χ3v) is 10.1. The fourth-order valence-electron chi connectivity index (χ4n) is 7.83. The van der Waals surface area contributed by atoms with Gasteiger partial charge in [0.05, 0.1) is 16.3 Å². The van der Waals surface area contributed by atoms with Crippen LogP contribution >= 0.6 is 11.6 Å². The molecule has 4 aliphatic carbocycles. The molecule has 2 heterocycles. The molecule has 2 unspecified atom stereocenters. The van der Waals surface area contributed by atoms with Crippen molar-refractivity contribution in [1.29, 1.82) is 0 Å². The van der Waals surface area contributed by atoms with E-state index in [-0.39, 0.29) is 30.3 Å². The average Bonchev–Trinajstić information content (AvgIpc) is 3.22. The highest BCUT2D eigenvalue weighted by molar-refractivity contribution is 6.34. The van der Waals surface area contributed by atoms with Crippen LogP contribution in [0.2, 0.25) is 5.02 Å². The molecule has 1 saturated heterocycles. The third kappa shape index (κ3) is 5.74. The second-order valence-electron chi connectivity index (χ2n) is 12.5. The second kappa shape index (κ2) is 11.3. The largest absolute Gasteiger partial charge is 0.445 e. The summed E-state index contributed by atoms with van der Waals surface area (Å²) in [7, 11) is 1.82. The number of aliphatic hydroxyl groups is 1. The van der Waals surface area contributed by atoms with Crippen LogP contribution in [-0.2, 0) is 24.9 Å². The highest BCUT2D eigenvalue weighted by Gasteiger charge is 2.55. The van der Waals surface area contributed by atoms with Crippen molar-refractivity contribution in [3.8, 4) is 0 Å². The maximum atomic E-state index is 13.2. The van der Waals surface area contributed by atoms with Crippen molar-refractivity contribution in [3.63, 3.8) is 0 Å². The molecule has 7 rings (SSSR count). The summed E-state index contributed by atoms with van der Waals surface area (Å²) in [6.07, 6.45) is 6.20. The standard InChI is InChI=1S/C30H40ClN5O4/c1-35-24(17-32-16-19-7-9-36(10-8-19)29(38)40-18-20-5-3-2-4-6-20)25(31)27(34-35)28(37)33-26-22-11-21-12-23(26)15-30(39,13-21)14-22/h2-6,19,21-23,26,32,39H,7-18H2,1H3,(H,33,37). The number of amides is 2. The van der Waals surface area contributed by atoms with Gasteiger partial charge in [0.2, 0.25) is 0 Å². The molecule has 5 aliphatic rings. The highest BCUT2D eigenvalue weighted by atomic mass is 35.5. The summed E-state index contributed by atoms with van der Waals surface area (Å²) in [5, 5.41) is 22.4. The van der Waals surface area contributed by atoms with E-state index in [1.54, 1.807) is 9.58 Å². The van der Waals surface area contributed by atoms with E-state index >= 15 is 0 Å². The number of halogens is 1. The van der Waals surface area contributed by atoms with Crippen molar-refractivity contribution < 1.29 is 19.4 Å². The lowest BCUT2D eigenvalue weighted by molar-refractivity contribution is -0.136. The lowest BCUT2D eigenvalue weighted by Crippen LogP contribution is -2.61. The summed E-state index contributed by atoms with van der Waals surface area (Å²) in [5.74, 6) is 1.48. The number of carbonyl (C=O) groups excluding carboxylic acids is 2. The molecule has 3 N–H and O–H groups in total. The first-order valence-corrected chi connectivity index (χ1v) is 15.1. The number of hydrogen-bond donors (Lipinski definition) is 3. The van der Waals surface area contributed by atoms with Crippen LogP contribution in [0.1, 0.15) is 66.7 Å². The SMILES string of the molecule is Cn1nc(C(=O)NC2C3CC4CC2CC(O)(C4)C3)c(Cl)c1CNCC1CCN(C(=O)OCc2ccccc2)CC1. The van der Waals surface area contributed by atoms with Gasteiger partial charge in [0, 0.05) is 32.7 Å². The molecule has 216 valence electrons. The second-order valence-corrected chi connectivity index (χ2v) is 12.9. The first-order valence-electron chi connectivity index (χ1n) is 14.7. The molecule has 40 heavy (non-hydrogen) atoms. The Morgan fingerprint density at radius 3 is 2.50 bits per heavy atom. The third-order valence-electron chi connectivity index (χ3n) is 9.66. The Balaban J connectivity index is 0.957. The Kier molecular flexibility index (Phi) is 7.81. The normalized spacial score (nSPS) is 29.5. The zero-order valence-corrected chi connectivity index (χ0v) is 23.9. The van der Waals surface area contributed by atoms with Crippen molar-refractivity contribution >= 4 is 23.6 Å². The van der Waals surface area contributed by atoms with Gasteiger partial charge in [-0.1, -0.05) is 41.9 Å². The number of aryl methyl sites for hydroxylation is 1. The van der Waals surface area contributed by atoms with E-state index in [0.29, 0.717) is 48.3 Å². The molecular weight excluding hydrogens is 530 g/mol. The molecule has 4 saturated carbocycles. The Morgan fingerprint density at radius 1 is 1.12 bits per heavy atom. The van der Waals surface area contributed by atoms with Crippen molar-refractivity contribution in [1.82, 2.24) is 25.3 Å². The predicted octanol–water partition coefficient (Wildman–Crippen LogP) is 3.88. The zero-order chi connectivity index (χ0) is 27.9. The van der Waals surface area contributed by atoms with E-state index in [2.05, 4.69) is 15.7 Å². The van der Waals surface area contributed by atoms with E-state index < -0.39 is 5.60 Å². The van der Waals surface area contributed by atoms with Gasteiger partial charge in [0.1, 0.15) is 6.61 Å². The monoisotopic (exact) mass is 569 g/mol. The summed E-state index contributed by atoms with van der Waals surface area (Å²) in [6, 6.07) is 9.80. The number of nitrogens with zero attached hydrogens (tertiary/aromatic N) is 3. The van der Waals surface area contributed by atoms with Crippen LogP contribution < -0.4 is 10.6 Å². The Hall–Kier alpha value is -2.62. The molecular formula is C30H40ClN5O4. The maximum Gasteiger partial charge on any atom is 0.410 e. The number of hydrogen-bond acceptors (Lipinski definition) is 6. The Labute approximate surface area is 240 Å². The van der Waals surface area contributed by atoms with Gasteiger partial charge < -0.3 is 25.4 Å². The Bertz CT molecular complexity index is 1210. The fourth-order valence-corrected chi connectivity index (χ4v) is 8.14. The van der Waals surface area contributed by atoms with E-state index in [0.717, 1.165) is 62.7 Å². The minimum atomic E-state index is -0.526. The van der Waals surface area contributed by atoms with Crippen LogP contribution in [0, 0.1) is 23.7 Å². The molecule has 0 radical (unpaired) electrons. The first kappa shape index (κ1) is 27.5. The van der Waals surface area contributed by atoms with E-state index in [9.17, 15) is 14.7 Å². The fraction of sp³-hybridized carbons (Fsp3) is 0.633. The molecule has 2 atom stereocenters. The van der Waals surface area contributed by atoms with E-state index in [1.807, 2.05) is 37.4 Å². The molecule has 5 fully saturated rings. The molecule has 1 aromatic heterocycles. The summed E-state index contributed by atoms with van der Waals surface area (Å²) in [6.45, 7) is 2.96. The number of likely N-dealkylation sites (tertiary alicyclic amines) is 1. The molecule has 1 aromatic carbocycles. The highest BCUT2D eigenvalue weighted by Crippen LogP contribution is 2.55. The lowest BCUT2D eigenvalue weighted by atomic mass is 9.52. The van der Waals surface area contributed by atoms with Crippen molar-refractivity contribution in [2.75, 3.05) is 19.6 Å². The van der Waals surface area contributed by atoms with Crippen LogP contribution in [0.15, 0.2) is 30.3 Å². The lowest BCUT2D eigenvalue weighted by Gasteiger charge is -2.58. The van der Waals surface area contributed by atoms with Gasteiger partial charge in [0.25, 0.3) is 5.91 Å². The van der Waals surface area contributed by atoms with Crippen molar-refractivity contribution in [2.45, 2.75) is 69.7 Å². The Morgan fingerprint density at radius 2 is 1.82 bits per heavy atom. The molecule has 2 amide bonds. The predicted molar refractivity (Wildman–Crippen MR) is 151 cm³/mol. The molecule has 4 bridgehead atoms. The van der Waals surface area contributed by atoms with Gasteiger partial charge >= 0.3 is 6.09 Å². The van der Waals surface area contributed by atoms with Crippen LogP contribution in [-0.4, -0.2) is 63.1 Å². The minimum absolute atomic E-state index is 0.0884. The van der Waals surface area contributed by atoms with Crippen molar-refractivity contribution in [2.24, 2.45) is 30.7 Å². The van der Waals surface area contributed by atoms with Crippen LogP contribution in [0.3, 0.4) is 0 Å². The van der Waals surface area contributed by atoms with Crippen LogP contribution in [0.25, 0.3) is 0 Å². The van der Waals surface area contributed by atoms with Crippen LogP contribution in [0.4, 0.5) is 4.79 Å². The smallest absolute Gasteiger partial charge is 0.410 e. The molecule has 10 heteroatoms. The number of benzene rings is 1. The molecule has 0 spiro atoms. The quantitative estimate of drug-likeness (QED) is 0.445. The van der Waals surface area contributed by atoms with Crippen molar-refractivity contribution in [3.05, 3.63) is 52.3 Å². The van der Waals surface area contributed by atoms with Gasteiger partial charge in [0.15, 0.2) is 5.69 Å². The summed E-state index contributed by atoms with van der Waals surface area (Å²) in [4.78, 5) is 27.5. The summed E-state index contributed by atoms with van der Waals surface area (Å²) >= 11 is 6.68. The number of piperidine rings is 1.